The Hall–Kier alpha value is -1.09. The van der Waals surface area contributed by atoms with Crippen LogP contribution in [0.15, 0.2) is 18.2 Å². The first-order valence-electron chi connectivity index (χ1n) is 8.36. The number of pyridine rings is 1. The minimum absolute atomic E-state index is 0.759. The molecule has 0 radical (unpaired) electrons. The van der Waals surface area contributed by atoms with Gasteiger partial charge in [-0.15, -0.1) is 0 Å². The van der Waals surface area contributed by atoms with Crippen LogP contribution < -0.4 is 10.2 Å². The van der Waals surface area contributed by atoms with Crippen molar-refractivity contribution in [3.63, 3.8) is 0 Å². The maximum absolute atomic E-state index is 4.92. The van der Waals surface area contributed by atoms with Crippen LogP contribution in [0.2, 0.25) is 0 Å². The molecule has 1 aromatic rings. The number of aromatic nitrogens is 1. The fourth-order valence-electron chi connectivity index (χ4n) is 4.00. The van der Waals surface area contributed by atoms with E-state index >= 15 is 0 Å². The third-order valence-electron chi connectivity index (χ3n) is 5.23. The van der Waals surface area contributed by atoms with Crippen molar-refractivity contribution in [1.29, 1.82) is 0 Å². The lowest BCUT2D eigenvalue weighted by Gasteiger charge is -2.38. The second-order valence-corrected chi connectivity index (χ2v) is 6.74. The molecule has 3 fully saturated rings. The molecule has 0 aromatic carbocycles. The zero-order valence-electron chi connectivity index (χ0n) is 12.2. The lowest BCUT2D eigenvalue weighted by atomic mass is 9.92. The molecule has 0 spiro atoms. The number of fused-ring (bicyclic) bond motifs is 1. The predicted molar refractivity (Wildman–Crippen MR) is 81.8 cm³/mol. The number of nitrogens with one attached hydrogen (secondary N) is 1. The van der Waals surface area contributed by atoms with Crippen LogP contribution >= 0.6 is 0 Å². The molecule has 1 N–H and O–H groups in total. The van der Waals surface area contributed by atoms with Gasteiger partial charge in [0.25, 0.3) is 0 Å². The van der Waals surface area contributed by atoms with Gasteiger partial charge in [-0.3, -0.25) is 0 Å². The Kier molecular flexibility index (Phi) is 3.39. The second-order valence-electron chi connectivity index (χ2n) is 6.74. The van der Waals surface area contributed by atoms with Gasteiger partial charge in [-0.05, 0) is 56.6 Å². The Morgan fingerprint density at radius 3 is 2.90 bits per heavy atom. The first-order valence-corrected chi connectivity index (χ1v) is 8.36. The summed E-state index contributed by atoms with van der Waals surface area (Å²) in [7, 11) is 0. The van der Waals surface area contributed by atoms with E-state index in [1.54, 1.807) is 0 Å². The highest BCUT2D eigenvalue weighted by Crippen LogP contribution is 2.38. The molecule has 20 heavy (non-hydrogen) atoms. The summed E-state index contributed by atoms with van der Waals surface area (Å²) in [5.41, 5.74) is 1.20. The van der Waals surface area contributed by atoms with Crippen molar-refractivity contribution >= 4 is 5.82 Å². The molecule has 0 amide bonds. The Labute approximate surface area is 121 Å². The monoisotopic (exact) mass is 271 g/mol. The summed E-state index contributed by atoms with van der Waals surface area (Å²) in [6.07, 6.45) is 9.68. The molecule has 2 atom stereocenters. The molecule has 2 saturated carbocycles. The molecular weight excluding hydrogens is 246 g/mol. The molecule has 3 aliphatic rings. The fourth-order valence-corrected chi connectivity index (χ4v) is 4.00. The third kappa shape index (κ3) is 2.56. The van der Waals surface area contributed by atoms with E-state index in [0.29, 0.717) is 0 Å². The zero-order valence-corrected chi connectivity index (χ0v) is 12.2. The van der Waals surface area contributed by atoms with Crippen LogP contribution in [0.25, 0.3) is 0 Å². The highest BCUT2D eigenvalue weighted by atomic mass is 15.2. The maximum atomic E-state index is 4.92. The molecule has 2 heterocycles. The summed E-state index contributed by atoms with van der Waals surface area (Å²) in [4.78, 5) is 7.52. The lowest BCUT2D eigenvalue weighted by Crippen LogP contribution is -2.43. The summed E-state index contributed by atoms with van der Waals surface area (Å²) in [6.45, 7) is 2.13. The van der Waals surface area contributed by atoms with E-state index in [4.69, 9.17) is 4.98 Å². The van der Waals surface area contributed by atoms with Crippen molar-refractivity contribution in [2.75, 3.05) is 11.4 Å². The molecule has 108 valence electrons. The van der Waals surface area contributed by atoms with Crippen molar-refractivity contribution in [3.05, 3.63) is 23.9 Å². The molecule has 1 saturated heterocycles. The van der Waals surface area contributed by atoms with Crippen LogP contribution in [0.1, 0.15) is 50.6 Å². The van der Waals surface area contributed by atoms with Gasteiger partial charge in [-0.25, -0.2) is 4.98 Å². The van der Waals surface area contributed by atoms with E-state index in [-0.39, 0.29) is 0 Å². The predicted octanol–water partition coefficient (Wildman–Crippen LogP) is 3.10. The molecule has 4 rings (SSSR count). The average molecular weight is 271 g/mol. The standard InChI is InChI=1S/C17H25N3/c1-4-13-5-3-11-20(16(13)7-1)17-8-2-6-15(19-17)12-18-14-9-10-14/h2,6,8,13-14,16,18H,1,3-5,7,9-12H2. The van der Waals surface area contributed by atoms with Crippen molar-refractivity contribution in [3.8, 4) is 0 Å². The van der Waals surface area contributed by atoms with Crippen molar-refractivity contribution in [2.45, 2.75) is 63.6 Å². The van der Waals surface area contributed by atoms with Gasteiger partial charge in [0.15, 0.2) is 0 Å². The molecule has 0 bridgehead atoms. The summed E-state index contributed by atoms with van der Waals surface area (Å²) >= 11 is 0. The number of anilines is 1. The van der Waals surface area contributed by atoms with Crippen molar-refractivity contribution in [1.82, 2.24) is 10.3 Å². The largest absolute Gasteiger partial charge is 0.353 e. The highest BCUT2D eigenvalue weighted by Gasteiger charge is 2.35. The van der Waals surface area contributed by atoms with Gasteiger partial charge < -0.3 is 10.2 Å². The zero-order chi connectivity index (χ0) is 13.4. The number of rotatable bonds is 4. The van der Waals surface area contributed by atoms with E-state index < -0.39 is 0 Å². The first kappa shape index (κ1) is 12.6. The highest BCUT2D eigenvalue weighted by molar-refractivity contribution is 5.42. The maximum Gasteiger partial charge on any atom is 0.129 e. The van der Waals surface area contributed by atoms with E-state index in [1.165, 1.54) is 63.0 Å². The fraction of sp³-hybridized carbons (Fsp3) is 0.706. The summed E-state index contributed by atoms with van der Waals surface area (Å²) in [6, 6.07) is 8.08. The smallest absolute Gasteiger partial charge is 0.129 e. The number of piperidine rings is 1. The van der Waals surface area contributed by atoms with Crippen LogP contribution in [-0.2, 0) is 6.54 Å². The van der Waals surface area contributed by atoms with Gasteiger partial charge in [0.05, 0.1) is 5.69 Å². The van der Waals surface area contributed by atoms with Gasteiger partial charge in [0.2, 0.25) is 0 Å². The minimum atomic E-state index is 0.759. The van der Waals surface area contributed by atoms with Crippen LogP contribution in [0, 0.1) is 5.92 Å². The van der Waals surface area contributed by atoms with E-state index in [2.05, 4.69) is 28.4 Å². The number of nitrogens with zero attached hydrogens (tertiary/aromatic N) is 2. The summed E-state index contributed by atoms with van der Waals surface area (Å²) in [5.74, 6) is 2.15. The van der Waals surface area contributed by atoms with Gasteiger partial charge in [0, 0.05) is 25.2 Å². The molecule has 2 unspecified atom stereocenters. The molecule has 2 aliphatic carbocycles. The quantitative estimate of drug-likeness (QED) is 0.912. The lowest BCUT2D eigenvalue weighted by molar-refractivity contribution is 0.360. The van der Waals surface area contributed by atoms with Crippen LogP contribution in [0.4, 0.5) is 5.82 Å². The van der Waals surface area contributed by atoms with Gasteiger partial charge in [-0.2, -0.15) is 0 Å². The van der Waals surface area contributed by atoms with Crippen molar-refractivity contribution in [2.24, 2.45) is 5.92 Å². The first-order chi connectivity index (χ1) is 9.90. The molecule has 3 heteroatoms. The van der Waals surface area contributed by atoms with Gasteiger partial charge in [0.1, 0.15) is 5.82 Å². The van der Waals surface area contributed by atoms with Crippen LogP contribution in [0.3, 0.4) is 0 Å². The molecule has 3 nitrogen and oxygen atoms in total. The minimum Gasteiger partial charge on any atom is -0.353 e. The van der Waals surface area contributed by atoms with Crippen LogP contribution in [0.5, 0.6) is 0 Å². The summed E-state index contributed by atoms with van der Waals surface area (Å²) < 4.78 is 0. The Morgan fingerprint density at radius 1 is 1.10 bits per heavy atom. The molecule has 1 aliphatic heterocycles. The van der Waals surface area contributed by atoms with E-state index in [9.17, 15) is 0 Å². The van der Waals surface area contributed by atoms with Crippen molar-refractivity contribution < 1.29 is 0 Å². The Bertz CT molecular complexity index is 469. The van der Waals surface area contributed by atoms with E-state index in [1.807, 2.05) is 0 Å². The molecular formula is C17H25N3. The number of hydrogen-bond donors (Lipinski definition) is 1. The normalized spacial score (nSPS) is 29.5. The topological polar surface area (TPSA) is 28.2 Å². The third-order valence-corrected chi connectivity index (χ3v) is 5.23. The molecule has 1 aromatic heterocycles. The Morgan fingerprint density at radius 2 is 2.00 bits per heavy atom. The van der Waals surface area contributed by atoms with Gasteiger partial charge in [-0.1, -0.05) is 12.5 Å². The van der Waals surface area contributed by atoms with Crippen LogP contribution in [-0.4, -0.2) is 23.6 Å². The second kappa shape index (κ2) is 5.36. The van der Waals surface area contributed by atoms with Gasteiger partial charge >= 0.3 is 0 Å². The summed E-state index contributed by atoms with van der Waals surface area (Å²) in [5, 5.41) is 3.57. The SMILES string of the molecule is c1cc(CNC2CC2)nc(N2CCCC3CCCC32)c1. The average Bonchev–Trinajstić information content (AvgIpc) is 3.20. The van der Waals surface area contributed by atoms with E-state index in [0.717, 1.165) is 24.5 Å². The Balaban J connectivity index is 1.49. The number of hydrogen-bond acceptors (Lipinski definition) is 3.